The number of halogens is 1. The van der Waals surface area contributed by atoms with Gasteiger partial charge in [0.05, 0.1) is 5.56 Å². The van der Waals surface area contributed by atoms with E-state index in [1.807, 2.05) is 0 Å². The maximum Gasteiger partial charge on any atom is 0.346 e. The summed E-state index contributed by atoms with van der Waals surface area (Å²) in [6, 6.07) is 4.92. The molecule has 1 aliphatic rings. The lowest BCUT2D eigenvalue weighted by Gasteiger charge is -2.23. The van der Waals surface area contributed by atoms with Crippen LogP contribution in [0.2, 0.25) is 0 Å². The molecule has 0 saturated carbocycles. The summed E-state index contributed by atoms with van der Waals surface area (Å²) in [6.45, 7) is 2.24. The lowest BCUT2D eigenvalue weighted by atomic mass is 10.0. The van der Waals surface area contributed by atoms with Gasteiger partial charge in [-0.3, -0.25) is 0 Å². The summed E-state index contributed by atoms with van der Waals surface area (Å²) in [5.74, 6) is -0.429. The molecule has 92 valence electrons. The molecular formula is C12H11FN4O. The first-order valence-corrected chi connectivity index (χ1v) is 5.42. The summed E-state index contributed by atoms with van der Waals surface area (Å²) in [5.41, 5.74) is 6.22. The number of aliphatic imine (C=N–C) groups is 1. The molecule has 1 unspecified atom stereocenters. The van der Waals surface area contributed by atoms with E-state index in [4.69, 9.17) is 11.0 Å². The van der Waals surface area contributed by atoms with Gasteiger partial charge < -0.3 is 10.6 Å². The Morgan fingerprint density at radius 3 is 2.94 bits per heavy atom. The molecule has 0 aromatic heterocycles. The van der Waals surface area contributed by atoms with Crippen molar-refractivity contribution >= 4 is 11.9 Å². The predicted molar refractivity (Wildman–Crippen MR) is 63.3 cm³/mol. The van der Waals surface area contributed by atoms with Crippen LogP contribution >= 0.6 is 0 Å². The van der Waals surface area contributed by atoms with Crippen molar-refractivity contribution in [3.63, 3.8) is 0 Å². The highest BCUT2D eigenvalue weighted by atomic mass is 19.1. The third-order valence-corrected chi connectivity index (χ3v) is 2.83. The number of likely N-dealkylation sites (N-methyl/N-ethyl adjacent to an activating group) is 1. The van der Waals surface area contributed by atoms with Crippen LogP contribution in [0.5, 0.6) is 0 Å². The highest BCUT2D eigenvalue weighted by Crippen LogP contribution is 2.27. The molecular weight excluding hydrogens is 235 g/mol. The number of carbonyl (C=O) groups is 1. The second kappa shape index (κ2) is 4.45. The highest BCUT2D eigenvalue weighted by Gasteiger charge is 2.33. The fourth-order valence-corrected chi connectivity index (χ4v) is 1.97. The zero-order valence-corrected chi connectivity index (χ0v) is 9.72. The van der Waals surface area contributed by atoms with Gasteiger partial charge in [-0.25, -0.2) is 9.18 Å². The van der Waals surface area contributed by atoms with E-state index in [-0.39, 0.29) is 11.4 Å². The molecule has 0 saturated heterocycles. The number of benzene rings is 1. The Hall–Kier alpha value is -2.42. The summed E-state index contributed by atoms with van der Waals surface area (Å²) in [5, 5.41) is 8.79. The quantitative estimate of drug-likeness (QED) is 0.859. The van der Waals surface area contributed by atoms with Crippen molar-refractivity contribution in [2.75, 3.05) is 6.54 Å². The largest absolute Gasteiger partial charge is 0.385 e. The van der Waals surface area contributed by atoms with Crippen LogP contribution in [0.3, 0.4) is 0 Å². The summed E-state index contributed by atoms with van der Waals surface area (Å²) in [4.78, 5) is 16.7. The van der Waals surface area contributed by atoms with Crippen LogP contribution in [0.25, 0.3) is 0 Å². The van der Waals surface area contributed by atoms with Gasteiger partial charge in [0, 0.05) is 6.54 Å². The van der Waals surface area contributed by atoms with Gasteiger partial charge in [0.25, 0.3) is 0 Å². The summed E-state index contributed by atoms with van der Waals surface area (Å²) < 4.78 is 13.2. The number of nitrogens with zero attached hydrogens (tertiary/aromatic N) is 3. The van der Waals surface area contributed by atoms with Crippen LogP contribution in [0.15, 0.2) is 23.2 Å². The molecule has 1 aromatic carbocycles. The number of amides is 2. The standard InChI is InChI=1S/C12H11FN4O/c1-2-17-10(11(15)16-12(17)18)7-3-4-9(13)8(5-7)6-14/h3-5,10H,2H2,1H3,(H2,15,16,18). The molecule has 5 nitrogen and oxygen atoms in total. The van der Waals surface area contributed by atoms with Crippen molar-refractivity contribution in [3.8, 4) is 6.07 Å². The minimum absolute atomic E-state index is 0.0734. The number of hydrogen-bond donors (Lipinski definition) is 1. The topological polar surface area (TPSA) is 82.5 Å². The van der Waals surface area contributed by atoms with Crippen molar-refractivity contribution < 1.29 is 9.18 Å². The normalized spacial score (nSPS) is 18.7. The molecule has 1 aliphatic heterocycles. The molecule has 1 aromatic rings. The van der Waals surface area contributed by atoms with Crippen LogP contribution in [-0.2, 0) is 0 Å². The Kier molecular flexibility index (Phi) is 2.98. The van der Waals surface area contributed by atoms with Gasteiger partial charge in [-0.05, 0) is 24.6 Å². The zero-order valence-electron chi connectivity index (χ0n) is 9.72. The van der Waals surface area contributed by atoms with E-state index in [2.05, 4.69) is 4.99 Å². The number of nitrogens with two attached hydrogens (primary N) is 1. The Morgan fingerprint density at radius 2 is 2.33 bits per heavy atom. The van der Waals surface area contributed by atoms with Crippen LogP contribution in [0.1, 0.15) is 24.1 Å². The van der Waals surface area contributed by atoms with Gasteiger partial charge >= 0.3 is 6.03 Å². The minimum Gasteiger partial charge on any atom is -0.385 e. The Balaban J connectivity index is 2.46. The fourth-order valence-electron chi connectivity index (χ4n) is 1.97. The predicted octanol–water partition coefficient (Wildman–Crippen LogP) is 1.55. The molecule has 1 atom stereocenters. The first-order chi connectivity index (χ1) is 8.58. The third kappa shape index (κ3) is 1.80. The van der Waals surface area contributed by atoms with Crippen molar-refractivity contribution in [3.05, 3.63) is 35.1 Å². The molecule has 0 fully saturated rings. The molecule has 6 heteroatoms. The average Bonchev–Trinajstić information content (AvgIpc) is 2.64. The van der Waals surface area contributed by atoms with Crippen molar-refractivity contribution in [1.29, 1.82) is 5.26 Å². The fraction of sp³-hybridized carbons (Fsp3) is 0.250. The molecule has 0 bridgehead atoms. The van der Waals surface area contributed by atoms with Gasteiger partial charge in [0.1, 0.15) is 23.8 Å². The van der Waals surface area contributed by atoms with E-state index in [1.165, 1.54) is 23.1 Å². The number of nitriles is 1. The van der Waals surface area contributed by atoms with Crippen molar-refractivity contribution in [2.45, 2.75) is 13.0 Å². The number of hydrogen-bond acceptors (Lipinski definition) is 3. The van der Waals surface area contributed by atoms with Crippen LogP contribution in [0, 0.1) is 17.1 Å². The molecule has 0 aliphatic carbocycles. The van der Waals surface area contributed by atoms with Gasteiger partial charge in [0.2, 0.25) is 0 Å². The lowest BCUT2D eigenvalue weighted by Crippen LogP contribution is -2.33. The van der Waals surface area contributed by atoms with Crippen molar-refractivity contribution in [1.82, 2.24) is 4.90 Å². The summed E-state index contributed by atoms with van der Waals surface area (Å²) in [6.07, 6.45) is 0. The number of rotatable bonds is 2. The van der Waals surface area contributed by atoms with Gasteiger partial charge in [0.15, 0.2) is 0 Å². The molecule has 18 heavy (non-hydrogen) atoms. The van der Waals surface area contributed by atoms with Gasteiger partial charge in [-0.2, -0.15) is 10.3 Å². The molecule has 1 heterocycles. The van der Waals surface area contributed by atoms with E-state index in [9.17, 15) is 9.18 Å². The van der Waals surface area contributed by atoms with Crippen molar-refractivity contribution in [2.24, 2.45) is 10.7 Å². The Bertz CT molecular complexity index is 576. The van der Waals surface area contributed by atoms with E-state index < -0.39 is 17.9 Å². The van der Waals surface area contributed by atoms with E-state index in [0.29, 0.717) is 12.1 Å². The number of urea groups is 1. The van der Waals surface area contributed by atoms with Crippen LogP contribution < -0.4 is 5.73 Å². The lowest BCUT2D eigenvalue weighted by molar-refractivity contribution is 0.210. The SMILES string of the molecule is CCN1C(=O)N=C(N)C1c1ccc(F)c(C#N)c1. The Labute approximate surface area is 103 Å². The Morgan fingerprint density at radius 1 is 1.61 bits per heavy atom. The molecule has 2 amide bonds. The summed E-state index contributed by atoms with van der Waals surface area (Å²) >= 11 is 0. The smallest absolute Gasteiger partial charge is 0.346 e. The molecule has 2 N–H and O–H groups in total. The average molecular weight is 246 g/mol. The summed E-state index contributed by atoms with van der Waals surface area (Å²) in [7, 11) is 0. The monoisotopic (exact) mass is 246 g/mol. The number of amidine groups is 1. The van der Waals surface area contributed by atoms with Crippen LogP contribution in [0.4, 0.5) is 9.18 Å². The zero-order chi connectivity index (χ0) is 13.3. The van der Waals surface area contributed by atoms with E-state index in [1.54, 1.807) is 13.0 Å². The van der Waals surface area contributed by atoms with Gasteiger partial charge in [-0.1, -0.05) is 6.07 Å². The first-order valence-electron chi connectivity index (χ1n) is 5.42. The minimum atomic E-state index is -0.593. The van der Waals surface area contributed by atoms with Crippen LogP contribution in [-0.4, -0.2) is 23.3 Å². The third-order valence-electron chi connectivity index (χ3n) is 2.83. The van der Waals surface area contributed by atoms with E-state index in [0.717, 1.165) is 0 Å². The first kappa shape index (κ1) is 12.0. The van der Waals surface area contributed by atoms with E-state index >= 15 is 0 Å². The number of carbonyl (C=O) groups excluding carboxylic acids is 1. The molecule has 2 rings (SSSR count). The maximum absolute atomic E-state index is 13.2. The van der Waals surface area contributed by atoms with Gasteiger partial charge in [-0.15, -0.1) is 0 Å². The molecule has 0 spiro atoms. The second-order valence-corrected chi connectivity index (χ2v) is 3.86. The highest BCUT2D eigenvalue weighted by molar-refractivity contribution is 6.03. The molecule has 0 radical (unpaired) electrons. The second-order valence-electron chi connectivity index (χ2n) is 3.86. The maximum atomic E-state index is 13.2.